The molecule has 3 heteroatoms. The number of rotatable bonds is 9. The predicted molar refractivity (Wildman–Crippen MR) is 75.8 cm³/mol. The van der Waals surface area contributed by atoms with Crippen LogP contribution in [0.4, 0.5) is 0 Å². The zero-order chi connectivity index (χ0) is 13.1. The maximum absolute atomic E-state index is 11.5. The summed E-state index contributed by atoms with van der Waals surface area (Å²) in [5, 5.41) is 0. The summed E-state index contributed by atoms with van der Waals surface area (Å²) in [7, 11) is 0. The van der Waals surface area contributed by atoms with Gasteiger partial charge in [0.1, 0.15) is 5.75 Å². The Bertz CT molecular complexity index is 331. The van der Waals surface area contributed by atoms with Crippen molar-refractivity contribution in [3.8, 4) is 5.75 Å². The summed E-state index contributed by atoms with van der Waals surface area (Å²) >= 11 is 0. The molecule has 0 aliphatic heterocycles. The Hall–Kier alpha value is -0.310. The van der Waals surface area contributed by atoms with E-state index in [0.29, 0.717) is 12.2 Å². The van der Waals surface area contributed by atoms with Crippen LogP contribution in [0, 0.1) is 0 Å². The number of para-hydroxylation sites is 1. The molecule has 0 radical (unpaired) electrons. The van der Waals surface area contributed by atoms with Crippen LogP contribution in [-0.2, 0) is 4.79 Å². The molecule has 2 nitrogen and oxygen atoms in total. The minimum atomic E-state index is -0.116. The molecule has 102 valence electrons. The summed E-state index contributed by atoms with van der Waals surface area (Å²) < 4.78 is 5.22. The molecule has 0 N–H and O–H groups in total. The molecular formula is C16H25NaO2. The maximum atomic E-state index is 11.5. The number of carbonyl (C=O) groups is 1. The maximum Gasteiger partial charge on any atom is 1.00 e. The van der Waals surface area contributed by atoms with Gasteiger partial charge in [0.25, 0.3) is 0 Å². The monoisotopic (exact) mass is 272 g/mol. The van der Waals surface area contributed by atoms with E-state index in [1.807, 2.05) is 30.3 Å². The van der Waals surface area contributed by atoms with Crippen LogP contribution >= 0.6 is 0 Å². The Labute approximate surface area is 140 Å². The molecule has 0 aliphatic rings. The minimum absolute atomic E-state index is 0. The molecule has 0 fully saturated rings. The number of esters is 1. The van der Waals surface area contributed by atoms with E-state index in [1.165, 1.54) is 32.1 Å². The van der Waals surface area contributed by atoms with Crippen LogP contribution in [0.1, 0.15) is 59.7 Å². The second-order valence-corrected chi connectivity index (χ2v) is 4.66. The van der Waals surface area contributed by atoms with Gasteiger partial charge in [-0.25, -0.2) is 0 Å². The van der Waals surface area contributed by atoms with Crippen molar-refractivity contribution >= 4 is 5.97 Å². The SMILES string of the molecule is CCCCCCCCCC(=O)Oc1ccccc1.[H-].[Na+]. The van der Waals surface area contributed by atoms with Crippen LogP contribution in [0.3, 0.4) is 0 Å². The van der Waals surface area contributed by atoms with E-state index in [2.05, 4.69) is 6.92 Å². The van der Waals surface area contributed by atoms with Gasteiger partial charge in [-0.3, -0.25) is 4.79 Å². The van der Waals surface area contributed by atoms with Gasteiger partial charge in [-0.05, 0) is 18.6 Å². The molecule has 0 saturated carbocycles. The van der Waals surface area contributed by atoms with Gasteiger partial charge < -0.3 is 6.16 Å². The Balaban J connectivity index is 0. The Morgan fingerprint density at radius 2 is 1.58 bits per heavy atom. The van der Waals surface area contributed by atoms with Gasteiger partial charge in [-0.1, -0.05) is 63.6 Å². The van der Waals surface area contributed by atoms with Gasteiger partial charge in [0.15, 0.2) is 0 Å². The first-order valence-electron chi connectivity index (χ1n) is 7.08. The minimum Gasteiger partial charge on any atom is -1.00 e. The molecule has 0 unspecified atom stereocenters. The average Bonchev–Trinajstić information content (AvgIpc) is 2.39. The van der Waals surface area contributed by atoms with E-state index < -0.39 is 0 Å². The predicted octanol–water partition coefficient (Wildman–Crippen LogP) is 1.85. The zero-order valence-corrected chi connectivity index (χ0v) is 14.4. The fourth-order valence-corrected chi connectivity index (χ4v) is 1.90. The van der Waals surface area contributed by atoms with Crippen molar-refractivity contribution in [3.63, 3.8) is 0 Å². The Morgan fingerprint density at radius 1 is 1.00 bits per heavy atom. The van der Waals surface area contributed by atoms with E-state index in [-0.39, 0.29) is 37.0 Å². The van der Waals surface area contributed by atoms with Crippen LogP contribution in [0.25, 0.3) is 0 Å². The molecule has 0 bridgehead atoms. The second-order valence-electron chi connectivity index (χ2n) is 4.66. The van der Waals surface area contributed by atoms with Crippen LogP contribution in [0.2, 0.25) is 0 Å². The summed E-state index contributed by atoms with van der Waals surface area (Å²) in [5.41, 5.74) is 0. The van der Waals surface area contributed by atoms with Crippen molar-refractivity contribution in [2.45, 2.75) is 58.3 Å². The first-order valence-corrected chi connectivity index (χ1v) is 7.08. The zero-order valence-electron chi connectivity index (χ0n) is 13.4. The van der Waals surface area contributed by atoms with Crippen molar-refractivity contribution in [1.29, 1.82) is 0 Å². The van der Waals surface area contributed by atoms with E-state index in [9.17, 15) is 4.79 Å². The van der Waals surface area contributed by atoms with Crippen molar-refractivity contribution in [3.05, 3.63) is 30.3 Å². The molecule has 0 saturated heterocycles. The first kappa shape index (κ1) is 18.7. The molecule has 0 atom stereocenters. The van der Waals surface area contributed by atoms with E-state index in [0.717, 1.165) is 12.8 Å². The van der Waals surface area contributed by atoms with E-state index in [1.54, 1.807) is 0 Å². The van der Waals surface area contributed by atoms with Crippen molar-refractivity contribution in [2.75, 3.05) is 0 Å². The molecular weight excluding hydrogens is 247 g/mol. The number of hydrogen-bond donors (Lipinski definition) is 0. The van der Waals surface area contributed by atoms with Crippen LogP contribution < -0.4 is 34.3 Å². The third-order valence-corrected chi connectivity index (χ3v) is 2.96. The number of ether oxygens (including phenoxy) is 1. The van der Waals surface area contributed by atoms with Gasteiger partial charge in [0, 0.05) is 6.42 Å². The topological polar surface area (TPSA) is 26.3 Å². The number of unbranched alkanes of at least 4 members (excludes halogenated alkanes) is 6. The average molecular weight is 272 g/mol. The number of carbonyl (C=O) groups excluding carboxylic acids is 1. The van der Waals surface area contributed by atoms with Gasteiger partial charge in [0.2, 0.25) is 0 Å². The number of hydrogen-bond acceptors (Lipinski definition) is 2. The number of benzene rings is 1. The molecule has 0 spiro atoms. The molecule has 1 aromatic rings. The summed E-state index contributed by atoms with van der Waals surface area (Å²) in [6.45, 7) is 2.22. The molecule has 0 heterocycles. The summed E-state index contributed by atoms with van der Waals surface area (Å²) in [4.78, 5) is 11.5. The van der Waals surface area contributed by atoms with Crippen molar-refractivity contribution in [2.24, 2.45) is 0 Å². The van der Waals surface area contributed by atoms with E-state index >= 15 is 0 Å². The quantitative estimate of drug-likeness (QED) is 0.297. The summed E-state index contributed by atoms with van der Waals surface area (Å²) in [5.74, 6) is 0.528. The third kappa shape index (κ3) is 10.2. The molecule has 1 aromatic carbocycles. The molecule has 0 aliphatic carbocycles. The largest absolute Gasteiger partial charge is 1.00 e. The molecule has 1 rings (SSSR count). The first-order chi connectivity index (χ1) is 8.83. The molecule has 19 heavy (non-hydrogen) atoms. The van der Waals surface area contributed by atoms with Gasteiger partial charge >= 0.3 is 35.5 Å². The van der Waals surface area contributed by atoms with Crippen LogP contribution in [-0.4, -0.2) is 5.97 Å². The Kier molecular flexibility index (Phi) is 12.5. The second kappa shape index (κ2) is 12.7. The molecule has 0 amide bonds. The smallest absolute Gasteiger partial charge is 1.00 e. The van der Waals surface area contributed by atoms with Crippen LogP contribution in [0.5, 0.6) is 5.75 Å². The van der Waals surface area contributed by atoms with Crippen molar-refractivity contribution in [1.82, 2.24) is 0 Å². The summed E-state index contributed by atoms with van der Waals surface area (Å²) in [6, 6.07) is 9.27. The Morgan fingerprint density at radius 3 is 2.21 bits per heavy atom. The summed E-state index contributed by atoms with van der Waals surface area (Å²) in [6.07, 6.45) is 9.07. The van der Waals surface area contributed by atoms with Gasteiger partial charge in [-0.15, -0.1) is 0 Å². The van der Waals surface area contributed by atoms with Gasteiger partial charge in [-0.2, -0.15) is 0 Å². The normalized spacial score (nSPS) is 9.74. The van der Waals surface area contributed by atoms with E-state index in [4.69, 9.17) is 4.74 Å². The van der Waals surface area contributed by atoms with Crippen LogP contribution in [0.15, 0.2) is 30.3 Å². The van der Waals surface area contributed by atoms with Gasteiger partial charge in [0.05, 0.1) is 0 Å². The van der Waals surface area contributed by atoms with Crippen molar-refractivity contribution < 1.29 is 40.5 Å². The standard InChI is InChI=1S/C16H24O2.Na.H/c1-2-3-4-5-6-7-11-14-16(17)18-15-12-9-8-10-13-15;;/h8-10,12-13H,2-7,11,14H2,1H3;;/q;+1;-1. The fourth-order valence-electron chi connectivity index (χ4n) is 1.90. The fraction of sp³-hybridized carbons (Fsp3) is 0.562. The molecule has 0 aromatic heterocycles. The third-order valence-electron chi connectivity index (χ3n) is 2.96.